The number of nitrogens with zero attached hydrogens (tertiary/aromatic N) is 2. The molecule has 0 aromatic heterocycles. The van der Waals surface area contributed by atoms with Crippen molar-refractivity contribution in [1.29, 1.82) is 0 Å². The average Bonchev–Trinajstić information content (AvgIpc) is 3.20. The van der Waals surface area contributed by atoms with Gasteiger partial charge in [-0.2, -0.15) is 10.1 Å². The van der Waals surface area contributed by atoms with Crippen LogP contribution in [0.4, 0.5) is 5.69 Å². The van der Waals surface area contributed by atoms with Crippen molar-refractivity contribution in [3.05, 3.63) is 78.4 Å². The molecule has 0 radical (unpaired) electrons. The van der Waals surface area contributed by atoms with Gasteiger partial charge in [0.2, 0.25) is 5.91 Å². The maximum Gasteiger partial charge on any atom is 0.268 e. The minimum Gasteiger partial charge on any atom is -0.357 e. The van der Waals surface area contributed by atoms with Crippen molar-refractivity contribution in [2.45, 2.75) is 18.9 Å². The highest BCUT2D eigenvalue weighted by Gasteiger charge is 2.31. The lowest BCUT2D eigenvalue weighted by Crippen LogP contribution is -2.49. The van der Waals surface area contributed by atoms with E-state index in [4.69, 9.17) is 0 Å². The number of hydrogen-bond donors (Lipinski definition) is 2. The molecule has 0 saturated heterocycles. The minimum absolute atomic E-state index is 0.0840. The van der Waals surface area contributed by atoms with Gasteiger partial charge in [-0.1, -0.05) is 60.7 Å². The number of benzene rings is 3. The van der Waals surface area contributed by atoms with Gasteiger partial charge in [0.1, 0.15) is 11.8 Å². The lowest BCUT2D eigenvalue weighted by Gasteiger charge is -2.18. The number of nitrogens with one attached hydrogen (secondary N) is 2. The monoisotopic (exact) mass is 414 g/mol. The van der Waals surface area contributed by atoms with Crippen molar-refractivity contribution in [1.82, 2.24) is 10.6 Å². The maximum absolute atomic E-state index is 12.9. The summed E-state index contributed by atoms with van der Waals surface area (Å²) in [4.78, 5) is 37.7. The molecule has 0 unspecified atom stereocenters. The van der Waals surface area contributed by atoms with E-state index in [9.17, 15) is 14.4 Å². The van der Waals surface area contributed by atoms with Crippen LogP contribution in [0.5, 0.6) is 0 Å². The Hall–Kier alpha value is -4.00. The van der Waals surface area contributed by atoms with Crippen LogP contribution in [0.15, 0.2) is 77.9 Å². The first-order valence-electron chi connectivity index (χ1n) is 10.0. The third kappa shape index (κ3) is 4.30. The molecule has 7 nitrogen and oxygen atoms in total. The molecule has 31 heavy (non-hydrogen) atoms. The summed E-state index contributed by atoms with van der Waals surface area (Å²) in [6.45, 7) is 0. The molecule has 3 amide bonds. The van der Waals surface area contributed by atoms with E-state index in [1.54, 1.807) is 24.3 Å². The van der Waals surface area contributed by atoms with Crippen LogP contribution in [0, 0.1) is 0 Å². The molecular formula is C24H22N4O3. The zero-order valence-corrected chi connectivity index (χ0v) is 17.0. The highest BCUT2D eigenvalue weighted by Crippen LogP contribution is 2.21. The Morgan fingerprint density at radius 2 is 1.71 bits per heavy atom. The molecule has 1 aliphatic heterocycles. The summed E-state index contributed by atoms with van der Waals surface area (Å²) in [6.07, 6.45) is 0.200. The van der Waals surface area contributed by atoms with Crippen LogP contribution < -0.4 is 15.6 Å². The second kappa shape index (κ2) is 8.79. The van der Waals surface area contributed by atoms with Crippen LogP contribution in [0.3, 0.4) is 0 Å². The van der Waals surface area contributed by atoms with E-state index in [0.717, 1.165) is 16.3 Å². The van der Waals surface area contributed by atoms with Crippen molar-refractivity contribution in [2.75, 3.05) is 12.1 Å². The zero-order chi connectivity index (χ0) is 21.8. The highest BCUT2D eigenvalue weighted by atomic mass is 16.2. The predicted molar refractivity (Wildman–Crippen MR) is 120 cm³/mol. The van der Waals surface area contributed by atoms with Gasteiger partial charge in [-0.15, -0.1) is 0 Å². The van der Waals surface area contributed by atoms with Crippen LogP contribution >= 0.6 is 0 Å². The van der Waals surface area contributed by atoms with E-state index in [0.29, 0.717) is 12.1 Å². The second-order valence-corrected chi connectivity index (χ2v) is 7.25. The van der Waals surface area contributed by atoms with E-state index in [2.05, 4.69) is 15.7 Å². The van der Waals surface area contributed by atoms with Crippen molar-refractivity contribution in [2.24, 2.45) is 5.10 Å². The fourth-order valence-corrected chi connectivity index (χ4v) is 3.64. The summed E-state index contributed by atoms with van der Waals surface area (Å²) >= 11 is 0. The Morgan fingerprint density at radius 3 is 2.48 bits per heavy atom. The van der Waals surface area contributed by atoms with Gasteiger partial charge in [-0.25, -0.2) is 0 Å². The smallest absolute Gasteiger partial charge is 0.268 e. The third-order valence-electron chi connectivity index (χ3n) is 5.21. The van der Waals surface area contributed by atoms with Crippen molar-refractivity contribution < 1.29 is 14.4 Å². The molecule has 1 atom stereocenters. The Labute approximate surface area is 179 Å². The molecule has 4 rings (SSSR count). The molecule has 0 bridgehead atoms. The number of hydrogen-bond acceptors (Lipinski definition) is 4. The van der Waals surface area contributed by atoms with E-state index in [1.165, 1.54) is 12.1 Å². The molecule has 0 saturated carbocycles. The molecule has 0 spiro atoms. The SMILES string of the molecule is CNC(=O)[C@H](Cc1cccc2ccccc12)NC(=O)C1=NN(c2ccccc2)C(=O)C1. The molecule has 7 heteroatoms. The van der Waals surface area contributed by atoms with E-state index >= 15 is 0 Å². The minimum atomic E-state index is -0.799. The lowest BCUT2D eigenvalue weighted by atomic mass is 9.98. The summed E-state index contributed by atoms with van der Waals surface area (Å²) in [7, 11) is 1.53. The fraction of sp³-hybridized carbons (Fsp3) is 0.167. The van der Waals surface area contributed by atoms with Gasteiger partial charge in [0.15, 0.2) is 0 Å². The Kier molecular flexibility index (Phi) is 5.75. The maximum atomic E-state index is 12.9. The number of carbonyl (C=O) groups is 3. The summed E-state index contributed by atoms with van der Waals surface area (Å²) in [5.74, 6) is -1.13. The van der Waals surface area contributed by atoms with Gasteiger partial charge in [0, 0.05) is 13.5 Å². The first-order valence-corrected chi connectivity index (χ1v) is 10.0. The molecule has 0 fully saturated rings. The van der Waals surface area contributed by atoms with Gasteiger partial charge in [-0.3, -0.25) is 14.4 Å². The van der Waals surface area contributed by atoms with Crippen LogP contribution in [0.25, 0.3) is 10.8 Å². The number of fused-ring (bicyclic) bond motifs is 1. The summed E-state index contributed by atoms with van der Waals surface area (Å²) < 4.78 is 0. The molecule has 3 aromatic carbocycles. The van der Waals surface area contributed by atoms with Crippen molar-refractivity contribution in [3.63, 3.8) is 0 Å². The number of rotatable bonds is 6. The number of hydrazone groups is 1. The Balaban J connectivity index is 1.55. The highest BCUT2D eigenvalue weighted by molar-refractivity contribution is 6.44. The molecule has 1 heterocycles. The van der Waals surface area contributed by atoms with Crippen molar-refractivity contribution in [3.8, 4) is 0 Å². The molecule has 156 valence electrons. The number of amides is 3. The Morgan fingerprint density at radius 1 is 1.00 bits per heavy atom. The lowest BCUT2D eigenvalue weighted by molar-refractivity contribution is -0.126. The van der Waals surface area contributed by atoms with E-state index in [-0.39, 0.29) is 23.9 Å². The van der Waals surface area contributed by atoms with Gasteiger partial charge in [0.05, 0.1) is 12.1 Å². The van der Waals surface area contributed by atoms with Crippen LogP contribution in [-0.2, 0) is 20.8 Å². The summed E-state index contributed by atoms with van der Waals surface area (Å²) in [6, 6.07) is 21.9. The van der Waals surface area contributed by atoms with Crippen LogP contribution in [0.2, 0.25) is 0 Å². The second-order valence-electron chi connectivity index (χ2n) is 7.25. The van der Waals surface area contributed by atoms with Gasteiger partial charge < -0.3 is 10.6 Å². The molecule has 0 aliphatic carbocycles. The summed E-state index contributed by atoms with van der Waals surface area (Å²) in [5, 5.41) is 12.9. The number of carbonyl (C=O) groups excluding carboxylic acids is 3. The zero-order valence-electron chi connectivity index (χ0n) is 17.0. The molecule has 3 aromatic rings. The van der Waals surface area contributed by atoms with Crippen LogP contribution in [-0.4, -0.2) is 36.5 Å². The first kappa shape index (κ1) is 20.3. The molecule has 2 N–H and O–H groups in total. The normalized spacial score (nSPS) is 14.3. The predicted octanol–water partition coefficient (Wildman–Crippen LogP) is 2.41. The number of para-hydroxylation sites is 1. The van der Waals surface area contributed by atoms with Crippen LogP contribution in [0.1, 0.15) is 12.0 Å². The van der Waals surface area contributed by atoms with Crippen molar-refractivity contribution >= 4 is 39.9 Å². The first-order chi connectivity index (χ1) is 15.1. The average molecular weight is 414 g/mol. The quantitative estimate of drug-likeness (QED) is 0.649. The van der Waals surface area contributed by atoms with Gasteiger partial charge in [-0.05, 0) is 28.5 Å². The molecular weight excluding hydrogens is 392 g/mol. The fourth-order valence-electron chi connectivity index (χ4n) is 3.64. The number of likely N-dealkylation sites (N-methyl/N-ethyl adjacent to an activating group) is 1. The van der Waals surface area contributed by atoms with Gasteiger partial charge in [0.25, 0.3) is 11.8 Å². The van der Waals surface area contributed by atoms with E-state index < -0.39 is 11.9 Å². The van der Waals surface area contributed by atoms with Gasteiger partial charge >= 0.3 is 0 Å². The third-order valence-corrected chi connectivity index (χ3v) is 5.21. The summed E-state index contributed by atoms with van der Waals surface area (Å²) in [5.41, 5.74) is 1.62. The number of anilines is 1. The topological polar surface area (TPSA) is 90.9 Å². The van der Waals surface area contributed by atoms with E-state index in [1.807, 2.05) is 48.5 Å². The Bertz CT molecular complexity index is 1170. The standard InChI is InChI=1S/C24H22N4O3/c1-25-23(30)20(14-17-10-7-9-16-8-5-6-13-19(16)17)26-24(31)21-15-22(29)28(27-21)18-11-3-2-4-12-18/h2-13,20H,14-15H2,1H3,(H,25,30)(H,26,31)/t20-/m0/s1. The largest absolute Gasteiger partial charge is 0.357 e. The molecule has 1 aliphatic rings.